The van der Waals surface area contributed by atoms with Crippen molar-refractivity contribution in [2.24, 2.45) is 5.92 Å². The molecule has 0 fully saturated rings. The summed E-state index contributed by atoms with van der Waals surface area (Å²) in [5, 5.41) is 2.72. The SMILES string of the molecule is COC(=O)C(CC(C)C)NC(=O)CSc1ccncc1. The lowest BCUT2D eigenvalue weighted by Crippen LogP contribution is -2.43. The Hall–Kier alpha value is -1.56. The number of hydrogen-bond acceptors (Lipinski definition) is 5. The van der Waals surface area contributed by atoms with Gasteiger partial charge in [-0.1, -0.05) is 13.8 Å². The first-order valence-corrected chi connectivity index (χ1v) is 7.41. The van der Waals surface area contributed by atoms with E-state index in [1.54, 1.807) is 12.4 Å². The van der Waals surface area contributed by atoms with Gasteiger partial charge in [0.2, 0.25) is 5.91 Å². The number of hydrogen-bond donors (Lipinski definition) is 1. The largest absolute Gasteiger partial charge is 0.467 e. The van der Waals surface area contributed by atoms with E-state index in [1.807, 2.05) is 26.0 Å². The number of thioether (sulfide) groups is 1. The lowest BCUT2D eigenvalue weighted by Gasteiger charge is -2.18. The maximum Gasteiger partial charge on any atom is 0.328 e. The Labute approximate surface area is 123 Å². The molecule has 6 heteroatoms. The summed E-state index contributed by atoms with van der Waals surface area (Å²) in [5.41, 5.74) is 0. The number of pyridine rings is 1. The fourth-order valence-electron chi connectivity index (χ4n) is 1.65. The van der Waals surface area contributed by atoms with Crippen molar-refractivity contribution in [1.29, 1.82) is 0 Å². The third-order valence-electron chi connectivity index (χ3n) is 2.55. The Balaban J connectivity index is 2.47. The van der Waals surface area contributed by atoms with Gasteiger partial charge < -0.3 is 10.1 Å². The number of methoxy groups -OCH3 is 1. The second kappa shape index (κ2) is 8.58. The van der Waals surface area contributed by atoms with Crippen molar-refractivity contribution in [3.8, 4) is 0 Å². The molecule has 1 aromatic heterocycles. The molecule has 0 saturated heterocycles. The molecule has 20 heavy (non-hydrogen) atoms. The van der Waals surface area contributed by atoms with Crippen molar-refractivity contribution in [3.05, 3.63) is 24.5 Å². The summed E-state index contributed by atoms with van der Waals surface area (Å²) in [4.78, 5) is 28.4. The topological polar surface area (TPSA) is 68.3 Å². The predicted molar refractivity (Wildman–Crippen MR) is 78.4 cm³/mol. The van der Waals surface area contributed by atoms with Crippen LogP contribution in [0.3, 0.4) is 0 Å². The number of nitrogens with zero attached hydrogens (tertiary/aromatic N) is 1. The molecule has 0 aliphatic rings. The molecule has 1 aromatic rings. The lowest BCUT2D eigenvalue weighted by molar-refractivity contribution is -0.145. The highest BCUT2D eigenvalue weighted by molar-refractivity contribution is 8.00. The average molecular weight is 296 g/mol. The Morgan fingerprint density at radius 3 is 2.55 bits per heavy atom. The molecule has 110 valence electrons. The highest BCUT2D eigenvalue weighted by Gasteiger charge is 2.22. The van der Waals surface area contributed by atoms with Gasteiger partial charge in [-0.25, -0.2) is 4.79 Å². The molecule has 5 nitrogen and oxygen atoms in total. The first kappa shape index (κ1) is 16.5. The molecule has 0 spiro atoms. The number of carbonyl (C=O) groups is 2. The summed E-state index contributed by atoms with van der Waals surface area (Å²) in [7, 11) is 1.33. The third-order valence-corrected chi connectivity index (χ3v) is 3.56. The Bertz CT molecular complexity index is 437. The fourth-order valence-corrected chi connectivity index (χ4v) is 2.34. The minimum atomic E-state index is -0.578. The van der Waals surface area contributed by atoms with E-state index in [1.165, 1.54) is 18.9 Å². The van der Waals surface area contributed by atoms with Gasteiger partial charge >= 0.3 is 5.97 Å². The van der Waals surface area contributed by atoms with Crippen molar-refractivity contribution >= 4 is 23.6 Å². The molecule has 0 aliphatic heterocycles. The number of nitrogens with one attached hydrogen (secondary N) is 1. The van der Waals surface area contributed by atoms with Crippen molar-refractivity contribution in [3.63, 3.8) is 0 Å². The molecular weight excluding hydrogens is 276 g/mol. The van der Waals surface area contributed by atoms with Gasteiger partial charge in [0.1, 0.15) is 6.04 Å². The molecule has 0 aliphatic carbocycles. The fraction of sp³-hybridized carbons (Fsp3) is 0.500. The van der Waals surface area contributed by atoms with E-state index in [4.69, 9.17) is 4.74 Å². The number of esters is 1. The standard InChI is InChI=1S/C14H20N2O3S/c1-10(2)8-12(14(18)19-3)16-13(17)9-20-11-4-6-15-7-5-11/h4-7,10,12H,8-9H2,1-3H3,(H,16,17). The number of ether oxygens (including phenoxy) is 1. The maximum absolute atomic E-state index is 11.9. The van der Waals surface area contributed by atoms with E-state index < -0.39 is 12.0 Å². The first-order valence-electron chi connectivity index (χ1n) is 6.43. The van der Waals surface area contributed by atoms with Gasteiger partial charge in [-0.2, -0.15) is 0 Å². The second-order valence-electron chi connectivity index (χ2n) is 4.74. The lowest BCUT2D eigenvalue weighted by atomic mass is 10.0. The molecule has 1 rings (SSSR count). The Morgan fingerprint density at radius 2 is 2.00 bits per heavy atom. The molecule has 0 bridgehead atoms. The molecule has 1 amide bonds. The highest BCUT2D eigenvalue weighted by Crippen LogP contribution is 2.16. The van der Waals surface area contributed by atoms with Crippen LogP contribution in [0.4, 0.5) is 0 Å². The van der Waals surface area contributed by atoms with Gasteiger partial charge in [-0.05, 0) is 24.5 Å². The second-order valence-corrected chi connectivity index (χ2v) is 5.79. The zero-order chi connectivity index (χ0) is 15.0. The van der Waals surface area contributed by atoms with Crippen LogP contribution in [0.25, 0.3) is 0 Å². The molecule has 1 N–H and O–H groups in total. The van der Waals surface area contributed by atoms with Gasteiger partial charge in [0.25, 0.3) is 0 Å². The van der Waals surface area contributed by atoms with E-state index in [2.05, 4.69) is 10.3 Å². The van der Waals surface area contributed by atoms with Crippen LogP contribution >= 0.6 is 11.8 Å². The Morgan fingerprint density at radius 1 is 1.35 bits per heavy atom. The number of rotatable bonds is 7. The van der Waals surface area contributed by atoms with E-state index in [9.17, 15) is 9.59 Å². The van der Waals surface area contributed by atoms with Crippen LogP contribution in [0.2, 0.25) is 0 Å². The van der Waals surface area contributed by atoms with Gasteiger partial charge in [0.05, 0.1) is 12.9 Å². The summed E-state index contributed by atoms with van der Waals surface area (Å²) >= 11 is 1.40. The predicted octanol–water partition coefficient (Wildman–Crippen LogP) is 1.88. The zero-order valence-corrected chi connectivity index (χ0v) is 12.8. The third kappa shape index (κ3) is 6.06. The molecule has 0 aromatic carbocycles. The normalized spacial score (nSPS) is 12.0. The molecular formula is C14H20N2O3S. The molecule has 1 heterocycles. The van der Waals surface area contributed by atoms with Crippen LogP contribution in [-0.4, -0.2) is 35.8 Å². The monoisotopic (exact) mass is 296 g/mol. The van der Waals surface area contributed by atoms with Crippen molar-refractivity contribution in [2.45, 2.75) is 31.2 Å². The summed E-state index contributed by atoms with van der Waals surface area (Å²) in [6.45, 7) is 3.99. The van der Waals surface area contributed by atoms with Crippen LogP contribution in [0.5, 0.6) is 0 Å². The van der Waals surface area contributed by atoms with Crippen LogP contribution < -0.4 is 5.32 Å². The van der Waals surface area contributed by atoms with Gasteiger partial charge in [0.15, 0.2) is 0 Å². The van der Waals surface area contributed by atoms with Crippen LogP contribution in [-0.2, 0) is 14.3 Å². The van der Waals surface area contributed by atoms with E-state index in [0.29, 0.717) is 12.3 Å². The summed E-state index contributed by atoms with van der Waals surface area (Å²) in [5.74, 6) is -0.0219. The summed E-state index contributed by atoms with van der Waals surface area (Å²) in [6.07, 6.45) is 3.92. The van der Waals surface area contributed by atoms with Crippen molar-refractivity contribution in [2.75, 3.05) is 12.9 Å². The van der Waals surface area contributed by atoms with Gasteiger partial charge in [-0.3, -0.25) is 9.78 Å². The van der Waals surface area contributed by atoms with Gasteiger partial charge in [-0.15, -0.1) is 11.8 Å². The molecule has 0 saturated carbocycles. The van der Waals surface area contributed by atoms with E-state index in [-0.39, 0.29) is 11.7 Å². The zero-order valence-electron chi connectivity index (χ0n) is 12.0. The number of amides is 1. The quantitative estimate of drug-likeness (QED) is 0.614. The van der Waals surface area contributed by atoms with Crippen LogP contribution in [0.1, 0.15) is 20.3 Å². The summed E-state index contributed by atoms with van der Waals surface area (Å²) in [6, 6.07) is 3.10. The molecule has 1 unspecified atom stereocenters. The van der Waals surface area contributed by atoms with E-state index >= 15 is 0 Å². The average Bonchev–Trinajstić information content (AvgIpc) is 2.44. The number of aromatic nitrogens is 1. The smallest absolute Gasteiger partial charge is 0.328 e. The van der Waals surface area contributed by atoms with Crippen molar-refractivity contribution in [1.82, 2.24) is 10.3 Å². The minimum Gasteiger partial charge on any atom is -0.467 e. The first-order chi connectivity index (χ1) is 9.52. The van der Waals surface area contributed by atoms with Crippen LogP contribution in [0.15, 0.2) is 29.4 Å². The Kier molecular flexibility index (Phi) is 7.08. The molecule has 0 radical (unpaired) electrons. The van der Waals surface area contributed by atoms with Crippen molar-refractivity contribution < 1.29 is 14.3 Å². The minimum absolute atomic E-state index is 0.178. The van der Waals surface area contributed by atoms with Gasteiger partial charge in [0, 0.05) is 17.3 Å². The highest BCUT2D eigenvalue weighted by atomic mass is 32.2. The maximum atomic E-state index is 11.9. The van der Waals surface area contributed by atoms with Crippen LogP contribution in [0, 0.1) is 5.92 Å². The van der Waals surface area contributed by atoms with E-state index in [0.717, 1.165) is 4.90 Å². The number of carbonyl (C=O) groups excluding carboxylic acids is 2. The summed E-state index contributed by atoms with van der Waals surface area (Å²) < 4.78 is 4.71. The molecule has 1 atom stereocenters.